The van der Waals surface area contributed by atoms with Gasteiger partial charge < -0.3 is 10.2 Å². The number of likely N-dealkylation sites (N-methyl/N-ethyl adjacent to an activating group) is 2. The van der Waals surface area contributed by atoms with Gasteiger partial charge in [0.1, 0.15) is 0 Å². The lowest BCUT2D eigenvalue weighted by Crippen LogP contribution is -2.43. The maximum atomic E-state index is 12.1. The smallest absolute Gasteiger partial charge is 0.236 e. The molecule has 1 aliphatic carbocycles. The first-order valence-electron chi connectivity index (χ1n) is 6.92. The second kappa shape index (κ2) is 5.83. The van der Waals surface area contributed by atoms with E-state index in [0.29, 0.717) is 24.5 Å². The number of nitrogens with zero attached hydrogens (tertiary/aromatic N) is 2. The SMILES string of the molecule is CCN(C(=O)CN(C)CC1CCCN1)C1CC1. The van der Waals surface area contributed by atoms with Gasteiger partial charge in [-0.3, -0.25) is 9.69 Å². The lowest BCUT2D eigenvalue weighted by Gasteiger charge is -2.25. The minimum atomic E-state index is 0.301. The Morgan fingerprint density at radius 2 is 2.12 bits per heavy atom. The number of amides is 1. The zero-order chi connectivity index (χ0) is 12.3. The average molecular weight is 239 g/mol. The number of carbonyl (C=O) groups excluding carboxylic acids is 1. The zero-order valence-electron chi connectivity index (χ0n) is 11.1. The molecular weight excluding hydrogens is 214 g/mol. The van der Waals surface area contributed by atoms with Crippen LogP contribution in [0.5, 0.6) is 0 Å². The zero-order valence-corrected chi connectivity index (χ0v) is 11.1. The summed E-state index contributed by atoms with van der Waals surface area (Å²) in [4.78, 5) is 16.3. The molecule has 1 saturated heterocycles. The number of nitrogens with one attached hydrogen (secondary N) is 1. The van der Waals surface area contributed by atoms with Gasteiger partial charge in [-0.2, -0.15) is 0 Å². The third kappa shape index (κ3) is 3.68. The van der Waals surface area contributed by atoms with Gasteiger partial charge in [-0.15, -0.1) is 0 Å². The minimum Gasteiger partial charge on any atom is -0.339 e. The van der Waals surface area contributed by atoms with E-state index in [2.05, 4.69) is 24.2 Å². The van der Waals surface area contributed by atoms with E-state index < -0.39 is 0 Å². The molecule has 2 aliphatic rings. The number of carbonyl (C=O) groups is 1. The molecule has 2 fully saturated rings. The van der Waals surface area contributed by atoms with Gasteiger partial charge in [0.15, 0.2) is 0 Å². The first kappa shape index (κ1) is 12.8. The van der Waals surface area contributed by atoms with Crippen molar-refractivity contribution in [2.24, 2.45) is 0 Å². The summed E-state index contributed by atoms with van der Waals surface area (Å²) in [5.74, 6) is 0.301. The molecule has 1 amide bonds. The van der Waals surface area contributed by atoms with E-state index in [0.717, 1.165) is 19.6 Å². The second-order valence-corrected chi connectivity index (χ2v) is 5.40. The average Bonchev–Trinajstić information content (AvgIpc) is 2.97. The van der Waals surface area contributed by atoms with Crippen molar-refractivity contribution < 1.29 is 4.79 Å². The van der Waals surface area contributed by atoms with Crippen molar-refractivity contribution in [3.63, 3.8) is 0 Å². The predicted octanol–water partition coefficient (Wildman–Crippen LogP) is 0.681. The summed E-state index contributed by atoms with van der Waals surface area (Å²) in [6, 6.07) is 1.13. The van der Waals surface area contributed by atoms with Crippen LogP contribution < -0.4 is 5.32 Å². The normalized spacial score (nSPS) is 24.3. The van der Waals surface area contributed by atoms with Crippen LogP contribution in [0.2, 0.25) is 0 Å². The Morgan fingerprint density at radius 3 is 2.65 bits per heavy atom. The summed E-state index contributed by atoms with van der Waals surface area (Å²) < 4.78 is 0. The van der Waals surface area contributed by atoms with Crippen LogP contribution in [0.1, 0.15) is 32.6 Å². The molecule has 4 heteroatoms. The van der Waals surface area contributed by atoms with E-state index in [1.165, 1.54) is 25.7 Å². The number of hydrogen-bond acceptors (Lipinski definition) is 3. The Hall–Kier alpha value is -0.610. The van der Waals surface area contributed by atoms with Crippen molar-refractivity contribution >= 4 is 5.91 Å². The molecule has 1 saturated carbocycles. The quantitative estimate of drug-likeness (QED) is 0.740. The molecule has 17 heavy (non-hydrogen) atoms. The third-order valence-electron chi connectivity index (χ3n) is 3.75. The molecule has 1 atom stereocenters. The van der Waals surface area contributed by atoms with Crippen LogP contribution in [0.3, 0.4) is 0 Å². The maximum absolute atomic E-state index is 12.1. The van der Waals surface area contributed by atoms with Crippen molar-refractivity contribution in [3.05, 3.63) is 0 Å². The fraction of sp³-hybridized carbons (Fsp3) is 0.923. The van der Waals surface area contributed by atoms with E-state index in [4.69, 9.17) is 0 Å². The van der Waals surface area contributed by atoms with Crippen molar-refractivity contribution in [1.29, 1.82) is 0 Å². The first-order valence-corrected chi connectivity index (χ1v) is 6.92. The summed E-state index contributed by atoms with van der Waals surface area (Å²) in [5.41, 5.74) is 0. The van der Waals surface area contributed by atoms with Crippen LogP contribution in [0.25, 0.3) is 0 Å². The monoisotopic (exact) mass is 239 g/mol. The predicted molar refractivity (Wildman–Crippen MR) is 68.9 cm³/mol. The Balaban J connectivity index is 1.72. The van der Waals surface area contributed by atoms with Gasteiger partial charge in [0.2, 0.25) is 5.91 Å². The van der Waals surface area contributed by atoms with Gasteiger partial charge in [-0.25, -0.2) is 0 Å². The van der Waals surface area contributed by atoms with Crippen molar-refractivity contribution in [2.75, 3.05) is 33.2 Å². The largest absolute Gasteiger partial charge is 0.339 e. The van der Waals surface area contributed by atoms with Crippen LogP contribution in [0.15, 0.2) is 0 Å². The van der Waals surface area contributed by atoms with E-state index in [1.807, 2.05) is 4.90 Å². The van der Waals surface area contributed by atoms with Crippen LogP contribution in [0, 0.1) is 0 Å². The van der Waals surface area contributed by atoms with Crippen molar-refractivity contribution in [3.8, 4) is 0 Å². The van der Waals surface area contributed by atoms with Gasteiger partial charge in [0, 0.05) is 25.2 Å². The summed E-state index contributed by atoms with van der Waals surface area (Å²) in [5, 5.41) is 3.47. The molecule has 98 valence electrons. The van der Waals surface area contributed by atoms with Crippen LogP contribution in [-0.2, 0) is 4.79 Å². The molecule has 1 N–H and O–H groups in total. The molecule has 0 bridgehead atoms. The highest BCUT2D eigenvalue weighted by atomic mass is 16.2. The summed E-state index contributed by atoms with van der Waals surface area (Å²) in [7, 11) is 2.05. The Kier molecular flexibility index (Phi) is 4.40. The van der Waals surface area contributed by atoms with Crippen LogP contribution in [0.4, 0.5) is 0 Å². The molecule has 2 rings (SSSR count). The molecule has 1 heterocycles. The molecular formula is C13H25N3O. The highest BCUT2D eigenvalue weighted by Gasteiger charge is 2.31. The lowest BCUT2D eigenvalue weighted by atomic mass is 10.2. The van der Waals surface area contributed by atoms with Gasteiger partial charge in [0.05, 0.1) is 6.54 Å². The Labute approximate surface area is 104 Å². The second-order valence-electron chi connectivity index (χ2n) is 5.40. The number of rotatable bonds is 6. The lowest BCUT2D eigenvalue weighted by molar-refractivity contribution is -0.132. The Bertz CT molecular complexity index is 259. The highest BCUT2D eigenvalue weighted by Crippen LogP contribution is 2.26. The summed E-state index contributed by atoms with van der Waals surface area (Å²) >= 11 is 0. The van der Waals surface area contributed by atoms with E-state index in [9.17, 15) is 4.79 Å². The van der Waals surface area contributed by atoms with Crippen molar-refractivity contribution in [2.45, 2.75) is 44.7 Å². The fourth-order valence-electron chi connectivity index (χ4n) is 2.70. The van der Waals surface area contributed by atoms with Crippen molar-refractivity contribution in [1.82, 2.24) is 15.1 Å². The van der Waals surface area contributed by atoms with Crippen LogP contribution >= 0.6 is 0 Å². The standard InChI is InChI=1S/C13H25N3O/c1-3-16(12-6-7-12)13(17)10-15(2)9-11-5-4-8-14-11/h11-12,14H,3-10H2,1-2H3. The molecule has 0 aromatic heterocycles. The molecule has 0 aromatic carbocycles. The van der Waals surface area contributed by atoms with Gasteiger partial charge in [-0.05, 0) is 46.2 Å². The minimum absolute atomic E-state index is 0.301. The first-order chi connectivity index (χ1) is 8.20. The van der Waals surface area contributed by atoms with Gasteiger partial charge >= 0.3 is 0 Å². The van der Waals surface area contributed by atoms with E-state index in [1.54, 1.807) is 0 Å². The molecule has 1 aliphatic heterocycles. The number of hydrogen-bond donors (Lipinski definition) is 1. The summed E-state index contributed by atoms with van der Waals surface area (Å²) in [6.07, 6.45) is 4.93. The van der Waals surface area contributed by atoms with E-state index in [-0.39, 0.29) is 0 Å². The molecule has 1 unspecified atom stereocenters. The molecule has 0 aromatic rings. The van der Waals surface area contributed by atoms with E-state index >= 15 is 0 Å². The highest BCUT2D eigenvalue weighted by molar-refractivity contribution is 5.78. The fourth-order valence-corrected chi connectivity index (χ4v) is 2.70. The molecule has 0 radical (unpaired) electrons. The summed E-state index contributed by atoms with van der Waals surface area (Å²) in [6.45, 7) is 5.64. The maximum Gasteiger partial charge on any atom is 0.236 e. The third-order valence-corrected chi connectivity index (χ3v) is 3.75. The Morgan fingerprint density at radius 1 is 1.35 bits per heavy atom. The van der Waals surface area contributed by atoms with Gasteiger partial charge in [0.25, 0.3) is 0 Å². The van der Waals surface area contributed by atoms with Crippen LogP contribution in [-0.4, -0.2) is 61.0 Å². The topological polar surface area (TPSA) is 35.6 Å². The molecule has 4 nitrogen and oxygen atoms in total. The van der Waals surface area contributed by atoms with Gasteiger partial charge in [-0.1, -0.05) is 0 Å². The molecule has 0 spiro atoms.